The van der Waals surface area contributed by atoms with E-state index in [9.17, 15) is 9.59 Å². The van der Waals surface area contributed by atoms with Gasteiger partial charge in [0.15, 0.2) is 0 Å². The Morgan fingerprint density at radius 2 is 1.43 bits per heavy atom. The minimum absolute atomic E-state index is 0.00470. The van der Waals surface area contributed by atoms with Gasteiger partial charge in [0.1, 0.15) is 18.1 Å². The van der Waals surface area contributed by atoms with Gasteiger partial charge in [-0.3, -0.25) is 4.79 Å². The fourth-order valence-electron chi connectivity index (χ4n) is 4.99. The molecular formula is C38H59NO6Si2. The molecule has 47 heavy (non-hydrogen) atoms. The molecule has 1 saturated heterocycles. The molecule has 1 heterocycles. The third-order valence-corrected chi connectivity index (χ3v) is 18.8. The molecule has 1 aliphatic rings. The molecule has 0 radical (unpaired) electrons. The van der Waals surface area contributed by atoms with Crippen LogP contribution < -0.4 is 8.85 Å². The SMILES string of the molecule is C/C(=C/[C@@H](C)[C@H](OCc1ccccc1)c1cc(O[Si](C)(C)C(C)(C)C)cc(O[Si](C)(C)C(C)(C)C)c1)C(=O)N1C(=O)OC[C@@H]1C(C)C. The minimum Gasteiger partial charge on any atom is -0.543 e. The van der Waals surface area contributed by atoms with Crippen LogP contribution in [0.25, 0.3) is 0 Å². The molecule has 9 heteroatoms. The smallest absolute Gasteiger partial charge is 0.417 e. The number of carbonyl (C=O) groups excluding carboxylic acids is 2. The van der Waals surface area contributed by atoms with Crippen LogP contribution in [-0.2, 0) is 20.9 Å². The zero-order valence-corrected chi connectivity index (χ0v) is 33.3. The first kappa shape index (κ1) is 38.6. The Morgan fingerprint density at radius 3 is 1.89 bits per heavy atom. The van der Waals surface area contributed by atoms with Crippen LogP contribution >= 0.6 is 0 Å². The van der Waals surface area contributed by atoms with E-state index in [0.29, 0.717) is 12.2 Å². The van der Waals surface area contributed by atoms with Gasteiger partial charge in [-0.05, 0) is 72.4 Å². The average Bonchev–Trinajstić information content (AvgIpc) is 3.33. The number of rotatable bonds is 12. The topological polar surface area (TPSA) is 74.3 Å². The number of hydrogen-bond donors (Lipinski definition) is 0. The van der Waals surface area contributed by atoms with Crippen molar-refractivity contribution in [2.75, 3.05) is 6.61 Å². The van der Waals surface area contributed by atoms with Crippen LogP contribution in [0.15, 0.2) is 60.2 Å². The number of imide groups is 1. The van der Waals surface area contributed by atoms with E-state index in [0.717, 1.165) is 22.6 Å². The number of ether oxygens (including phenoxy) is 2. The summed E-state index contributed by atoms with van der Waals surface area (Å²) in [6.45, 7) is 30.7. The fraction of sp³-hybridized carbons (Fsp3) is 0.579. The summed E-state index contributed by atoms with van der Waals surface area (Å²) in [5.74, 6) is 1.04. The van der Waals surface area contributed by atoms with Crippen molar-refractivity contribution in [3.63, 3.8) is 0 Å². The Hall–Kier alpha value is -2.89. The van der Waals surface area contributed by atoms with Gasteiger partial charge in [-0.1, -0.05) is 98.7 Å². The van der Waals surface area contributed by atoms with E-state index in [1.807, 2.05) is 63.2 Å². The lowest BCUT2D eigenvalue weighted by atomic mass is 9.94. The standard InChI is InChI=1S/C38H59NO6Si2/c1-26(2)33-25-43-36(41)39(33)35(40)28(4)20-27(3)34(42-24-29-18-16-15-17-19-29)30-21-31(44-46(11,12)37(5,6)7)23-32(22-30)45-47(13,14)38(8,9)10/h15-23,26-27,33-34H,24-25H2,1-14H3/b28-20-/t27-,33-,34+/m1/s1. The molecule has 2 aromatic rings. The number of hydrogen-bond acceptors (Lipinski definition) is 6. The van der Waals surface area contributed by atoms with Crippen LogP contribution in [0, 0.1) is 11.8 Å². The van der Waals surface area contributed by atoms with Gasteiger partial charge < -0.3 is 18.3 Å². The third-order valence-electron chi connectivity index (χ3n) is 10.1. The van der Waals surface area contributed by atoms with E-state index >= 15 is 0 Å². The van der Waals surface area contributed by atoms with Gasteiger partial charge >= 0.3 is 6.09 Å². The molecule has 260 valence electrons. The number of cyclic esters (lactones) is 1. The Morgan fingerprint density at radius 1 is 0.915 bits per heavy atom. The molecule has 3 atom stereocenters. The molecule has 0 spiro atoms. The van der Waals surface area contributed by atoms with Gasteiger partial charge in [-0.15, -0.1) is 0 Å². The lowest BCUT2D eigenvalue weighted by Gasteiger charge is -2.38. The summed E-state index contributed by atoms with van der Waals surface area (Å²) in [7, 11) is -4.38. The van der Waals surface area contributed by atoms with Gasteiger partial charge in [0.2, 0.25) is 16.6 Å². The molecule has 0 unspecified atom stereocenters. The average molecular weight is 682 g/mol. The van der Waals surface area contributed by atoms with E-state index in [-0.39, 0.29) is 40.5 Å². The van der Waals surface area contributed by atoms with Crippen molar-refractivity contribution >= 4 is 28.6 Å². The Bertz CT molecular complexity index is 1380. The van der Waals surface area contributed by atoms with Crippen molar-refractivity contribution in [1.82, 2.24) is 4.90 Å². The Kier molecular flexibility index (Phi) is 12.1. The molecule has 2 amide bonds. The van der Waals surface area contributed by atoms with Crippen molar-refractivity contribution in [1.29, 1.82) is 0 Å². The van der Waals surface area contributed by atoms with Gasteiger partial charge in [0, 0.05) is 17.6 Å². The van der Waals surface area contributed by atoms with Crippen LogP contribution in [-0.4, -0.2) is 46.2 Å². The maximum atomic E-state index is 13.6. The van der Waals surface area contributed by atoms with Crippen LogP contribution in [0.1, 0.15) is 86.5 Å². The summed E-state index contributed by atoms with van der Waals surface area (Å²) in [6, 6.07) is 15.9. The summed E-state index contributed by atoms with van der Waals surface area (Å²) >= 11 is 0. The number of nitrogens with zero attached hydrogens (tertiary/aromatic N) is 1. The molecule has 0 N–H and O–H groups in total. The van der Waals surface area contributed by atoms with Crippen molar-refractivity contribution in [2.24, 2.45) is 11.8 Å². The summed E-state index contributed by atoms with van der Waals surface area (Å²) in [6.07, 6.45) is 0.888. The van der Waals surface area contributed by atoms with Gasteiger partial charge in [0.25, 0.3) is 5.91 Å². The van der Waals surface area contributed by atoms with Crippen LogP contribution in [0.4, 0.5) is 4.79 Å². The molecule has 0 bridgehead atoms. The number of carbonyl (C=O) groups is 2. The molecule has 3 rings (SSSR count). The van der Waals surface area contributed by atoms with E-state index in [2.05, 4.69) is 79.9 Å². The number of benzene rings is 2. The largest absolute Gasteiger partial charge is 0.543 e. The van der Waals surface area contributed by atoms with Crippen molar-refractivity contribution in [3.8, 4) is 11.5 Å². The monoisotopic (exact) mass is 681 g/mol. The normalized spacial score (nSPS) is 17.9. The van der Waals surface area contributed by atoms with Crippen LogP contribution in [0.2, 0.25) is 36.3 Å². The lowest BCUT2D eigenvalue weighted by molar-refractivity contribution is -0.125. The van der Waals surface area contributed by atoms with Gasteiger partial charge in [0.05, 0.1) is 18.8 Å². The highest BCUT2D eigenvalue weighted by atomic mass is 28.4. The first-order valence-electron chi connectivity index (χ1n) is 16.9. The summed E-state index contributed by atoms with van der Waals surface area (Å²) in [5, 5.41) is 0.00940. The predicted molar refractivity (Wildman–Crippen MR) is 196 cm³/mol. The summed E-state index contributed by atoms with van der Waals surface area (Å²) in [4.78, 5) is 27.5. The van der Waals surface area contributed by atoms with E-state index in [1.165, 1.54) is 4.90 Å². The highest BCUT2D eigenvalue weighted by Crippen LogP contribution is 2.43. The molecular weight excluding hydrogens is 623 g/mol. The molecule has 0 saturated carbocycles. The van der Waals surface area contributed by atoms with Crippen LogP contribution in [0.5, 0.6) is 11.5 Å². The Balaban J connectivity index is 2.11. The zero-order chi connectivity index (χ0) is 35.5. The predicted octanol–water partition coefficient (Wildman–Crippen LogP) is 10.3. The molecule has 0 aliphatic carbocycles. The first-order valence-corrected chi connectivity index (χ1v) is 22.7. The lowest BCUT2D eigenvalue weighted by Crippen LogP contribution is -2.44. The molecule has 1 fully saturated rings. The minimum atomic E-state index is -2.19. The zero-order valence-electron chi connectivity index (χ0n) is 31.3. The summed E-state index contributed by atoms with van der Waals surface area (Å²) in [5.41, 5.74) is 2.43. The maximum Gasteiger partial charge on any atom is 0.417 e. The van der Waals surface area contributed by atoms with Gasteiger partial charge in [-0.25, -0.2) is 9.69 Å². The second kappa shape index (κ2) is 14.7. The second-order valence-electron chi connectivity index (χ2n) is 16.5. The maximum absolute atomic E-state index is 13.6. The van der Waals surface area contributed by atoms with E-state index in [1.54, 1.807) is 6.92 Å². The van der Waals surface area contributed by atoms with Crippen molar-refractivity contribution in [3.05, 3.63) is 71.3 Å². The number of amides is 2. The molecule has 0 aromatic heterocycles. The molecule has 7 nitrogen and oxygen atoms in total. The highest BCUT2D eigenvalue weighted by Gasteiger charge is 2.42. The fourth-order valence-corrected chi connectivity index (χ4v) is 7.01. The van der Waals surface area contributed by atoms with Crippen molar-refractivity contribution in [2.45, 2.75) is 124 Å². The molecule has 1 aliphatic heterocycles. The third kappa shape index (κ3) is 9.60. The first-order chi connectivity index (χ1) is 21.5. The van der Waals surface area contributed by atoms with Gasteiger partial charge in [-0.2, -0.15) is 0 Å². The Labute approximate surface area is 286 Å². The van der Waals surface area contributed by atoms with E-state index in [4.69, 9.17) is 18.3 Å². The quantitative estimate of drug-likeness (QED) is 0.164. The van der Waals surface area contributed by atoms with E-state index < -0.39 is 28.8 Å². The van der Waals surface area contributed by atoms with Crippen molar-refractivity contribution < 1.29 is 27.9 Å². The highest BCUT2D eigenvalue weighted by molar-refractivity contribution is 6.75. The summed E-state index contributed by atoms with van der Waals surface area (Å²) < 4.78 is 25.7. The van der Waals surface area contributed by atoms with Crippen LogP contribution in [0.3, 0.4) is 0 Å². The second-order valence-corrected chi connectivity index (χ2v) is 25.9. The molecule has 2 aromatic carbocycles.